The van der Waals surface area contributed by atoms with Crippen molar-refractivity contribution in [3.63, 3.8) is 0 Å². The van der Waals surface area contributed by atoms with Crippen LogP contribution in [0.4, 0.5) is 10.5 Å². The summed E-state index contributed by atoms with van der Waals surface area (Å²) in [6, 6.07) is 14.0. The predicted molar refractivity (Wildman–Crippen MR) is 103 cm³/mol. The van der Waals surface area contributed by atoms with E-state index in [0.29, 0.717) is 0 Å². The van der Waals surface area contributed by atoms with Gasteiger partial charge in [-0.25, -0.2) is 4.79 Å². The van der Waals surface area contributed by atoms with E-state index in [1.165, 1.54) is 5.56 Å². The summed E-state index contributed by atoms with van der Waals surface area (Å²) in [5.41, 5.74) is 4.36. The van der Waals surface area contributed by atoms with E-state index in [4.69, 9.17) is 11.6 Å². The number of halogens is 1. The summed E-state index contributed by atoms with van der Waals surface area (Å²) in [5, 5.41) is 3.83. The SMILES string of the molecule is Cc1cccc(C)c1NC(=O)N1CCN(Cc2ccc(Cl)cc2)CC1. The number of para-hydroxylation sites is 1. The van der Waals surface area contributed by atoms with Crippen molar-refractivity contribution >= 4 is 23.3 Å². The molecule has 0 unspecified atom stereocenters. The maximum atomic E-state index is 12.6. The van der Waals surface area contributed by atoms with Gasteiger partial charge in [0.25, 0.3) is 0 Å². The summed E-state index contributed by atoms with van der Waals surface area (Å²) < 4.78 is 0. The zero-order valence-electron chi connectivity index (χ0n) is 14.8. The first-order valence-electron chi connectivity index (χ1n) is 8.62. The summed E-state index contributed by atoms with van der Waals surface area (Å²) in [6.45, 7) is 8.17. The number of carbonyl (C=O) groups excluding carboxylic acids is 1. The third-order valence-electron chi connectivity index (χ3n) is 4.69. The molecule has 0 atom stereocenters. The van der Waals surface area contributed by atoms with Gasteiger partial charge in [-0.3, -0.25) is 4.90 Å². The van der Waals surface area contributed by atoms with Gasteiger partial charge in [-0.05, 0) is 42.7 Å². The van der Waals surface area contributed by atoms with E-state index in [1.807, 2.05) is 49.1 Å². The van der Waals surface area contributed by atoms with Crippen LogP contribution in [-0.4, -0.2) is 42.0 Å². The molecule has 1 aliphatic heterocycles. The molecule has 1 saturated heterocycles. The number of hydrogen-bond acceptors (Lipinski definition) is 2. The van der Waals surface area contributed by atoms with Crippen LogP contribution in [0.1, 0.15) is 16.7 Å². The summed E-state index contributed by atoms with van der Waals surface area (Å²) in [7, 11) is 0. The van der Waals surface area contributed by atoms with Gasteiger partial charge in [0.15, 0.2) is 0 Å². The van der Waals surface area contributed by atoms with Crippen LogP contribution in [0, 0.1) is 13.8 Å². The van der Waals surface area contributed by atoms with Crippen molar-refractivity contribution < 1.29 is 4.79 Å². The van der Waals surface area contributed by atoms with Crippen molar-refractivity contribution in [3.05, 3.63) is 64.2 Å². The van der Waals surface area contributed by atoms with E-state index >= 15 is 0 Å². The van der Waals surface area contributed by atoms with Crippen LogP contribution in [0.3, 0.4) is 0 Å². The fourth-order valence-corrected chi connectivity index (χ4v) is 3.28. The molecule has 1 fully saturated rings. The molecule has 2 aromatic rings. The Balaban J connectivity index is 1.53. The Labute approximate surface area is 154 Å². The van der Waals surface area contributed by atoms with E-state index in [1.54, 1.807) is 0 Å². The van der Waals surface area contributed by atoms with Crippen LogP contribution in [0.2, 0.25) is 5.02 Å². The molecule has 0 aromatic heterocycles. The Bertz CT molecular complexity index is 717. The van der Waals surface area contributed by atoms with Gasteiger partial charge in [-0.2, -0.15) is 0 Å². The largest absolute Gasteiger partial charge is 0.322 e. The van der Waals surface area contributed by atoms with E-state index in [9.17, 15) is 4.79 Å². The number of aryl methyl sites for hydroxylation is 2. The number of carbonyl (C=O) groups is 1. The first-order chi connectivity index (χ1) is 12.0. The van der Waals surface area contributed by atoms with Gasteiger partial charge < -0.3 is 10.2 Å². The molecule has 5 heteroatoms. The van der Waals surface area contributed by atoms with Crippen LogP contribution >= 0.6 is 11.6 Å². The minimum absolute atomic E-state index is 0.0106. The Morgan fingerprint density at radius 2 is 1.60 bits per heavy atom. The summed E-state index contributed by atoms with van der Waals surface area (Å²) >= 11 is 5.93. The van der Waals surface area contributed by atoms with Crippen molar-refractivity contribution in [3.8, 4) is 0 Å². The van der Waals surface area contributed by atoms with E-state index in [2.05, 4.69) is 22.3 Å². The summed E-state index contributed by atoms with van der Waals surface area (Å²) in [5.74, 6) is 0. The molecule has 0 radical (unpaired) electrons. The van der Waals surface area contributed by atoms with Crippen molar-refractivity contribution in [1.29, 1.82) is 0 Å². The number of amides is 2. The first-order valence-corrected chi connectivity index (χ1v) is 8.99. The van der Waals surface area contributed by atoms with Crippen molar-refractivity contribution in [2.45, 2.75) is 20.4 Å². The number of urea groups is 1. The van der Waals surface area contributed by atoms with Gasteiger partial charge in [0, 0.05) is 43.4 Å². The number of nitrogens with one attached hydrogen (secondary N) is 1. The number of nitrogens with zero attached hydrogens (tertiary/aromatic N) is 2. The molecule has 1 heterocycles. The van der Waals surface area contributed by atoms with Gasteiger partial charge in [0.2, 0.25) is 0 Å². The van der Waals surface area contributed by atoms with E-state index in [0.717, 1.165) is 54.6 Å². The minimum Gasteiger partial charge on any atom is -0.322 e. The van der Waals surface area contributed by atoms with Crippen LogP contribution in [-0.2, 0) is 6.54 Å². The average Bonchev–Trinajstić information content (AvgIpc) is 2.61. The quantitative estimate of drug-likeness (QED) is 0.888. The van der Waals surface area contributed by atoms with Crippen LogP contribution in [0.15, 0.2) is 42.5 Å². The summed E-state index contributed by atoms with van der Waals surface area (Å²) in [4.78, 5) is 16.8. The van der Waals surface area contributed by atoms with Gasteiger partial charge in [0.05, 0.1) is 0 Å². The smallest absolute Gasteiger partial charge is 0.321 e. The molecule has 0 aliphatic carbocycles. The zero-order valence-corrected chi connectivity index (χ0v) is 15.5. The molecule has 2 aromatic carbocycles. The fourth-order valence-electron chi connectivity index (χ4n) is 3.15. The van der Waals surface area contributed by atoms with Crippen molar-refractivity contribution in [1.82, 2.24) is 9.80 Å². The van der Waals surface area contributed by atoms with Gasteiger partial charge >= 0.3 is 6.03 Å². The molecule has 0 spiro atoms. The number of benzene rings is 2. The Kier molecular flexibility index (Phi) is 5.61. The highest BCUT2D eigenvalue weighted by Gasteiger charge is 2.21. The monoisotopic (exact) mass is 357 g/mol. The lowest BCUT2D eigenvalue weighted by atomic mass is 10.1. The zero-order chi connectivity index (χ0) is 17.8. The maximum Gasteiger partial charge on any atom is 0.321 e. The lowest BCUT2D eigenvalue weighted by Crippen LogP contribution is -2.49. The molecule has 132 valence electrons. The van der Waals surface area contributed by atoms with E-state index < -0.39 is 0 Å². The first kappa shape index (κ1) is 17.8. The molecule has 1 N–H and O–H groups in total. The molecule has 0 saturated carbocycles. The van der Waals surface area contributed by atoms with Gasteiger partial charge in [-0.15, -0.1) is 0 Å². The fraction of sp³-hybridized carbons (Fsp3) is 0.350. The second-order valence-corrected chi connectivity index (χ2v) is 7.02. The normalized spacial score (nSPS) is 15.2. The second kappa shape index (κ2) is 7.89. The standard InChI is InChI=1S/C20H24ClN3O/c1-15-4-3-5-16(2)19(15)22-20(25)24-12-10-23(11-13-24)14-17-6-8-18(21)9-7-17/h3-9H,10-14H2,1-2H3,(H,22,25). The van der Waals surface area contributed by atoms with Crippen LogP contribution in [0.5, 0.6) is 0 Å². The van der Waals surface area contributed by atoms with Gasteiger partial charge in [-0.1, -0.05) is 41.9 Å². The van der Waals surface area contributed by atoms with Crippen LogP contribution < -0.4 is 5.32 Å². The van der Waals surface area contributed by atoms with Crippen molar-refractivity contribution in [2.24, 2.45) is 0 Å². The van der Waals surface area contributed by atoms with Crippen molar-refractivity contribution in [2.75, 3.05) is 31.5 Å². The second-order valence-electron chi connectivity index (χ2n) is 6.59. The van der Waals surface area contributed by atoms with Gasteiger partial charge in [0.1, 0.15) is 0 Å². The molecule has 1 aliphatic rings. The lowest BCUT2D eigenvalue weighted by Gasteiger charge is -2.35. The highest BCUT2D eigenvalue weighted by atomic mass is 35.5. The Hall–Kier alpha value is -2.04. The minimum atomic E-state index is -0.0106. The molecule has 3 rings (SSSR count). The topological polar surface area (TPSA) is 35.6 Å². The molecule has 0 bridgehead atoms. The van der Waals surface area contributed by atoms with Crippen LogP contribution in [0.25, 0.3) is 0 Å². The third-order valence-corrected chi connectivity index (χ3v) is 4.94. The van der Waals surface area contributed by atoms with E-state index in [-0.39, 0.29) is 6.03 Å². The predicted octanol–water partition coefficient (Wildman–Crippen LogP) is 4.31. The highest BCUT2D eigenvalue weighted by molar-refractivity contribution is 6.30. The maximum absolute atomic E-state index is 12.6. The molecule has 25 heavy (non-hydrogen) atoms. The number of hydrogen-bond donors (Lipinski definition) is 1. The highest BCUT2D eigenvalue weighted by Crippen LogP contribution is 2.20. The molecule has 4 nitrogen and oxygen atoms in total. The molecular formula is C20H24ClN3O. The Morgan fingerprint density at radius 1 is 1.00 bits per heavy atom. The lowest BCUT2D eigenvalue weighted by molar-refractivity contribution is 0.143. The molecular weight excluding hydrogens is 334 g/mol. The number of anilines is 1. The number of piperazine rings is 1. The number of rotatable bonds is 3. The average molecular weight is 358 g/mol. The summed E-state index contributed by atoms with van der Waals surface area (Å²) in [6.07, 6.45) is 0. The molecule has 2 amide bonds. The third kappa shape index (κ3) is 4.53. The Morgan fingerprint density at radius 3 is 2.20 bits per heavy atom.